The molecule has 188 valence electrons. The molecule has 3 aromatic rings. The Morgan fingerprint density at radius 2 is 2.08 bits per heavy atom. The van der Waals surface area contributed by atoms with Crippen LogP contribution in [-0.2, 0) is 11.2 Å². The fraction of sp³-hybridized carbons (Fsp3) is 0.391. The number of tetrazole rings is 1. The number of piperazine rings is 1. The average molecular weight is 513 g/mol. The molecule has 0 unspecified atom stereocenters. The molecule has 2 saturated heterocycles. The van der Waals surface area contributed by atoms with Crippen LogP contribution in [0.15, 0.2) is 36.8 Å². The number of aromatic nitrogens is 5. The summed E-state index contributed by atoms with van der Waals surface area (Å²) < 4.78 is 37.6. The van der Waals surface area contributed by atoms with E-state index in [0.717, 1.165) is 5.56 Å². The van der Waals surface area contributed by atoms with Crippen molar-refractivity contribution in [2.75, 3.05) is 31.9 Å². The summed E-state index contributed by atoms with van der Waals surface area (Å²) in [5.74, 6) is -0.0119. The van der Waals surface area contributed by atoms with Gasteiger partial charge in [0.1, 0.15) is 18.2 Å². The van der Waals surface area contributed by atoms with E-state index in [1.165, 1.54) is 17.1 Å². The second-order valence-corrected chi connectivity index (χ2v) is 11.4. The lowest BCUT2D eigenvalue weighted by atomic mass is 9.98. The Bertz CT molecular complexity index is 1310. The minimum atomic E-state index is -3.08. The van der Waals surface area contributed by atoms with Gasteiger partial charge in [-0.2, -0.15) is 20.5 Å². The monoisotopic (exact) mass is 512 g/mol. The maximum Gasteiger partial charge on any atom is 0.227 e. The molecular weight excluding hydrogens is 487 g/mol. The van der Waals surface area contributed by atoms with Gasteiger partial charge >= 0.3 is 0 Å². The number of benzene rings is 1. The first kappa shape index (κ1) is 24.3. The molecule has 0 saturated carbocycles. The van der Waals surface area contributed by atoms with Crippen LogP contribution in [0.2, 0.25) is 0 Å². The molecule has 2 N–H and O–H groups in total. The summed E-state index contributed by atoms with van der Waals surface area (Å²) in [4.78, 5) is 21.2. The third kappa shape index (κ3) is 4.56. The molecule has 13 heteroatoms. The van der Waals surface area contributed by atoms with Gasteiger partial charge in [0.2, 0.25) is 5.91 Å². The van der Waals surface area contributed by atoms with Crippen molar-refractivity contribution in [1.82, 2.24) is 35.0 Å². The fourth-order valence-corrected chi connectivity index (χ4v) is 7.15. The fourth-order valence-electron chi connectivity index (χ4n) is 4.94. The first-order chi connectivity index (χ1) is 17.3. The van der Waals surface area contributed by atoms with Crippen molar-refractivity contribution in [3.05, 3.63) is 64.9 Å². The van der Waals surface area contributed by atoms with Gasteiger partial charge in [-0.05, 0) is 46.2 Å². The van der Waals surface area contributed by atoms with Crippen molar-refractivity contribution < 1.29 is 18.3 Å². The van der Waals surface area contributed by atoms with Crippen LogP contribution in [0.5, 0.6) is 0 Å². The Hall–Kier alpha value is -3.44. The number of hydrogen-bond donors (Lipinski definition) is 2. The van der Waals surface area contributed by atoms with Crippen molar-refractivity contribution in [1.29, 1.82) is 5.26 Å². The number of pyridine rings is 1. The number of hydrogen-bond acceptors (Lipinski definition) is 9. The van der Waals surface area contributed by atoms with Crippen LogP contribution in [-0.4, -0.2) is 88.0 Å². The van der Waals surface area contributed by atoms with Gasteiger partial charge in [-0.25, -0.2) is 9.37 Å². The number of rotatable bonds is 4. The highest BCUT2D eigenvalue weighted by molar-refractivity contribution is 8.24. The van der Waals surface area contributed by atoms with Crippen molar-refractivity contribution >= 4 is 16.5 Å². The lowest BCUT2D eigenvalue weighted by Crippen LogP contribution is -2.60. The van der Waals surface area contributed by atoms with Crippen molar-refractivity contribution in [2.45, 2.75) is 24.6 Å². The zero-order chi connectivity index (χ0) is 25.4. The Morgan fingerprint density at radius 1 is 1.25 bits per heavy atom. The highest BCUT2D eigenvalue weighted by Crippen LogP contribution is 2.58. The Morgan fingerprint density at radius 3 is 2.78 bits per heavy atom. The summed E-state index contributed by atoms with van der Waals surface area (Å²) in [6, 6.07) is 7.98. The molecule has 2 fully saturated rings. The van der Waals surface area contributed by atoms with E-state index in [9.17, 15) is 23.6 Å². The largest absolute Gasteiger partial charge is 0.339 e. The molecule has 0 aliphatic carbocycles. The standard InChI is InChI=1S/C23H25FN8O3S/c1-15-18(3-4-20(24)19(15)9-25)21-12-30-6-7-31(11-17(30)13-36(21,34)35)23(33)8-16-2-5-22(26-10-16)32-14-27-28-29-32/h2-5,10,14,17,21,34-35H,6-8,11-13H2,1H3/t17-,21+/m0/s1. The molecule has 2 atom stereocenters. The molecule has 0 radical (unpaired) electrons. The molecule has 36 heavy (non-hydrogen) atoms. The highest BCUT2D eigenvalue weighted by Gasteiger charge is 2.43. The lowest BCUT2D eigenvalue weighted by molar-refractivity contribution is -0.133. The van der Waals surface area contributed by atoms with Crippen molar-refractivity contribution in [3.8, 4) is 11.9 Å². The SMILES string of the molecule is Cc1c([C@H]2CN3CCN(C(=O)Cc4ccc(-n5cnnn5)nc4)C[C@H]3CS2(O)O)ccc(F)c1C#N. The van der Waals surface area contributed by atoms with E-state index in [-0.39, 0.29) is 29.7 Å². The van der Waals surface area contributed by atoms with Crippen LogP contribution in [0.25, 0.3) is 5.82 Å². The molecule has 1 amide bonds. The van der Waals surface area contributed by atoms with Crippen LogP contribution in [0, 0.1) is 24.1 Å². The molecule has 2 aliphatic rings. The molecule has 0 bridgehead atoms. The second-order valence-electron chi connectivity index (χ2n) is 9.07. The summed E-state index contributed by atoms with van der Waals surface area (Å²) in [5.41, 5.74) is 1.71. The Kier molecular flexibility index (Phi) is 6.44. The number of carbonyl (C=O) groups excluding carboxylic acids is 1. The molecule has 2 aromatic heterocycles. The molecule has 0 spiro atoms. The van der Waals surface area contributed by atoms with Gasteiger partial charge in [0.25, 0.3) is 0 Å². The van der Waals surface area contributed by atoms with Gasteiger partial charge < -0.3 is 4.90 Å². The first-order valence-electron chi connectivity index (χ1n) is 11.4. The Labute approximate surface area is 208 Å². The quantitative estimate of drug-likeness (QED) is 0.536. The molecule has 5 rings (SSSR count). The number of amides is 1. The molecule has 4 heterocycles. The highest BCUT2D eigenvalue weighted by atomic mass is 32.3. The summed E-state index contributed by atoms with van der Waals surface area (Å²) in [7, 11) is -3.08. The number of nitriles is 1. The minimum absolute atomic E-state index is 0.0572. The zero-order valence-electron chi connectivity index (χ0n) is 19.5. The predicted molar refractivity (Wildman–Crippen MR) is 129 cm³/mol. The van der Waals surface area contributed by atoms with Gasteiger partial charge in [0, 0.05) is 38.4 Å². The third-order valence-corrected chi connectivity index (χ3v) is 9.10. The second kappa shape index (κ2) is 9.55. The van der Waals surface area contributed by atoms with Crippen LogP contribution in [0.4, 0.5) is 4.39 Å². The zero-order valence-corrected chi connectivity index (χ0v) is 20.3. The van der Waals surface area contributed by atoms with Gasteiger partial charge in [-0.15, -0.1) is 5.10 Å². The van der Waals surface area contributed by atoms with E-state index < -0.39 is 21.7 Å². The van der Waals surface area contributed by atoms with E-state index in [2.05, 4.69) is 25.4 Å². The molecule has 11 nitrogen and oxygen atoms in total. The smallest absolute Gasteiger partial charge is 0.227 e. The minimum Gasteiger partial charge on any atom is -0.339 e. The van der Waals surface area contributed by atoms with Crippen LogP contribution in [0.1, 0.15) is 27.5 Å². The number of carbonyl (C=O) groups is 1. The topological polar surface area (TPSA) is 144 Å². The van der Waals surface area contributed by atoms with Crippen LogP contribution < -0.4 is 0 Å². The van der Waals surface area contributed by atoms with E-state index in [4.69, 9.17) is 0 Å². The van der Waals surface area contributed by atoms with E-state index in [1.807, 2.05) is 6.07 Å². The van der Waals surface area contributed by atoms with Gasteiger partial charge in [0.05, 0.1) is 23.0 Å². The molecule has 1 aromatic carbocycles. The van der Waals surface area contributed by atoms with Crippen molar-refractivity contribution in [2.24, 2.45) is 0 Å². The molecular formula is C23H25FN8O3S. The maximum atomic E-state index is 14.0. The predicted octanol–water partition coefficient (Wildman–Crippen LogP) is 1.94. The summed E-state index contributed by atoms with van der Waals surface area (Å²) in [6.07, 6.45) is 3.24. The first-order valence-corrected chi connectivity index (χ1v) is 13.2. The number of nitrogens with zero attached hydrogens (tertiary/aromatic N) is 8. The number of halogens is 1. The van der Waals surface area contributed by atoms with Gasteiger partial charge in [-0.1, -0.05) is 12.1 Å². The van der Waals surface area contributed by atoms with Gasteiger partial charge in [-0.3, -0.25) is 18.8 Å². The summed E-state index contributed by atoms with van der Waals surface area (Å²) in [6.45, 7) is 3.51. The lowest BCUT2D eigenvalue weighted by Gasteiger charge is -2.54. The average Bonchev–Trinajstić information content (AvgIpc) is 3.39. The summed E-state index contributed by atoms with van der Waals surface area (Å²) >= 11 is 0. The third-order valence-electron chi connectivity index (χ3n) is 6.91. The van der Waals surface area contributed by atoms with E-state index >= 15 is 0 Å². The van der Waals surface area contributed by atoms with Gasteiger partial charge in [0.15, 0.2) is 5.82 Å². The molecule has 2 aliphatic heterocycles. The van der Waals surface area contributed by atoms with E-state index in [0.29, 0.717) is 43.1 Å². The summed E-state index contributed by atoms with van der Waals surface area (Å²) in [5, 5.41) is 19.6. The maximum absolute atomic E-state index is 14.0. The van der Waals surface area contributed by atoms with Crippen molar-refractivity contribution in [3.63, 3.8) is 0 Å². The van der Waals surface area contributed by atoms with Crippen LogP contribution >= 0.6 is 10.6 Å². The Balaban J connectivity index is 1.25. The number of fused-ring (bicyclic) bond motifs is 1. The van der Waals surface area contributed by atoms with Crippen LogP contribution in [0.3, 0.4) is 0 Å². The van der Waals surface area contributed by atoms with E-state index in [1.54, 1.807) is 36.2 Å². The normalized spacial score (nSPS) is 22.5.